The molecule has 0 bridgehead atoms. The predicted octanol–water partition coefficient (Wildman–Crippen LogP) is 5.78. The van der Waals surface area contributed by atoms with Crippen LogP contribution in [0, 0.1) is 24.6 Å². The Labute approximate surface area is 199 Å². The summed E-state index contributed by atoms with van der Waals surface area (Å²) in [6, 6.07) is 9.20. The summed E-state index contributed by atoms with van der Waals surface area (Å²) < 4.78 is 13.9. The summed E-state index contributed by atoms with van der Waals surface area (Å²) in [4.78, 5) is 17.1. The maximum absolute atomic E-state index is 13.9. The number of carbonyl (C=O) groups is 1. The number of pyridine rings is 1. The molecule has 0 radical (unpaired) electrons. The normalized spacial score (nSPS) is 29.0. The van der Waals surface area contributed by atoms with E-state index in [4.69, 9.17) is 0 Å². The van der Waals surface area contributed by atoms with Gasteiger partial charge in [-0.2, -0.15) is 5.10 Å². The van der Waals surface area contributed by atoms with Crippen LogP contribution >= 0.6 is 0 Å². The molecule has 3 unspecified atom stereocenters. The number of rotatable bonds is 4. The first-order valence-electron chi connectivity index (χ1n) is 12.5. The van der Waals surface area contributed by atoms with Crippen molar-refractivity contribution in [3.63, 3.8) is 0 Å². The topological polar surface area (TPSA) is 70.7 Å². The molecule has 0 saturated heterocycles. The molecule has 1 aromatic carbocycles. The number of fused-ring (bicyclic) bond motifs is 7. The molecule has 3 aliphatic carbocycles. The molecule has 6 rings (SSSR count). The van der Waals surface area contributed by atoms with Crippen LogP contribution in [0.25, 0.3) is 0 Å². The van der Waals surface area contributed by atoms with Gasteiger partial charge in [-0.15, -0.1) is 0 Å². The first-order chi connectivity index (χ1) is 16.4. The average Bonchev–Trinajstić information content (AvgIpc) is 3.38. The van der Waals surface area contributed by atoms with Crippen molar-refractivity contribution in [2.24, 2.45) is 11.8 Å². The summed E-state index contributed by atoms with van der Waals surface area (Å²) in [5.41, 5.74) is 6.21. The lowest BCUT2D eigenvalue weighted by Gasteiger charge is -2.50. The van der Waals surface area contributed by atoms with Crippen molar-refractivity contribution in [2.75, 3.05) is 5.32 Å². The van der Waals surface area contributed by atoms with Crippen molar-refractivity contribution in [2.45, 2.75) is 69.6 Å². The number of H-pyrrole nitrogens is 1. The van der Waals surface area contributed by atoms with Gasteiger partial charge in [-0.1, -0.05) is 13.0 Å². The van der Waals surface area contributed by atoms with Gasteiger partial charge in [0.1, 0.15) is 11.6 Å². The molecule has 176 valence electrons. The van der Waals surface area contributed by atoms with E-state index >= 15 is 0 Å². The number of amides is 1. The molecule has 3 aromatic rings. The molecule has 0 aliphatic heterocycles. The maximum Gasteiger partial charge on any atom is 0.225 e. The highest BCUT2D eigenvalue weighted by molar-refractivity contribution is 5.89. The van der Waals surface area contributed by atoms with Gasteiger partial charge in [0.05, 0.1) is 6.20 Å². The summed E-state index contributed by atoms with van der Waals surface area (Å²) in [7, 11) is 0. The van der Waals surface area contributed by atoms with E-state index in [0.717, 1.165) is 37.7 Å². The van der Waals surface area contributed by atoms with E-state index in [1.54, 1.807) is 18.3 Å². The van der Waals surface area contributed by atoms with E-state index in [0.29, 0.717) is 35.9 Å². The molecule has 34 heavy (non-hydrogen) atoms. The van der Waals surface area contributed by atoms with Crippen LogP contribution in [0.2, 0.25) is 0 Å². The van der Waals surface area contributed by atoms with Crippen LogP contribution in [-0.2, 0) is 16.6 Å². The average molecular weight is 459 g/mol. The van der Waals surface area contributed by atoms with Crippen molar-refractivity contribution in [3.8, 4) is 0 Å². The number of carbonyl (C=O) groups excluding carboxylic acids is 1. The van der Waals surface area contributed by atoms with Crippen LogP contribution in [0.5, 0.6) is 0 Å². The fourth-order valence-corrected chi connectivity index (χ4v) is 7.49. The van der Waals surface area contributed by atoms with Crippen LogP contribution in [0.15, 0.2) is 42.7 Å². The molecule has 1 amide bonds. The van der Waals surface area contributed by atoms with Crippen molar-refractivity contribution < 1.29 is 9.18 Å². The van der Waals surface area contributed by atoms with Gasteiger partial charge in [-0.3, -0.25) is 9.89 Å². The number of nitrogens with zero attached hydrogens (tertiary/aromatic N) is 2. The number of hydrogen-bond donors (Lipinski definition) is 2. The highest BCUT2D eigenvalue weighted by atomic mass is 19.1. The van der Waals surface area contributed by atoms with Crippen LogP contribution in [-0.4, -0.2) is 21.1 Å². The van der Waals surface area contributed by atoms with Crippen LogP contribution in [0.3, 0.4) is 0 Å². The number of benzene rings is 1. The van der Waals surface area contributed by atoms with E-state index in [1.165, 1.54) is 22.4 Å². The number of nitrogens with one attached hydrogen (secondary N) is 2. The number of halogens is 1. The van der Waals surface area contributed by atoms with Crippen LogP contribution < -0.4 is 5.32 Å². The Morgan fingerprint density at radius 1 is 1.24 bits per heavy atom. The predicted molar refractivity (Wildman–Crippen MR) is 129 cm³/mol. The third kappa shape index (κ3) is 3.38. The number of aromatic amines is 1. The molecule has 0 spiro atoms. The molecular weight excluding hydrogens is 427 g/mol. The third-order valence-electron chi connectivity index (χ3n) is 8.88. The maximum atomic E-state index is 13.9. The molecule has 2 heterocycles. The zero-order valence-electron chi connectivity index (χ0n) is 19.8. The Morgan fingerprint density at radius 2 is 2.12 bits per heavy atom. The van der Waals surface area contributed by atoms with Crippen LogP contribution in [0.1, 0.15) is 78.8 Å². The van der Waals surface area contributed by atoms with Gasteiger partial charge >= 0.3 is 0 Å². The van der Waals surface area contributed by atoms with Gasteiger partial charge in [0.15, 0.2) is 0 Å². The Balaban J connectivity index is 1.26. The van der Waals surface area contributed by atoms with Crippen molar-refractivity contribution in [1.29, 1.82) is 0 Å². The van der Waals surface area contributed by atoms with E-state index in [-0.39, 0.29) is 17.1 Å². The second-order valence-electron chi connectivity index (χ2n) is 10.7. The highest BCUT2D eigenvalue weighted by Gasteiger charge is 2.57. The SMILES string of the molecule is Cc1ccnc(NC(=O)CC[C@@H]2c3cn[nH]c3[C@@]3(C)CCC4c5ccc(F)cc5CCC4C23)c1. The summed E-state index contributed by atoms with van der Waals surface area (Å²) in [6.07, 6.45) is 9.17. The van der Waals surface area contributed by atoms with Crippen molar-refractivity contribution in [3.05, 3.63) is 76.5 Å². The monoisotopic (exact) mass is 458 g/mol. The molecule has 1 saturated carbocycles. The van der Waals surface area contributed by atoms with E-state index in [2.05, 4.69) is 27.4 Å². The first kappa shape index (κ1) is 21.5. The quantitative estimate of drug-likeness (QED) is 0.520. The van der Waals surface area contributed by atoms with E-state index in [9.17, 15) is 9.18 Å². The molecule has 5 nitrogen and oxygen atoms in total. The third-order valence-corrected chi connectivity index (χ3v) is 8.88. The largest absolute Gasteiger partial charge is 0.311 e. The van der Waals surface area contributed by atoms with Gasteiger partial charge in [-0.25, -0.2) is 9.37 Å². The Hall–Kier alpha value is -3.02. The molecule has 2 N–H and O–H groups in total. The fraction of sp³-hybridized carbons (Fsp3) is 0.464. The summed E-state index contributed by atoms with van der Waals surface area (Å²) in [5, 5.41) is 10.7. The van der Waals surface area contributed by atoms with Gasteiger partial charge in [0, 0.05) is 23.7 Å². The number of hydrogen-bond acceptors (Lipinski definition) is 3. The fourth-order valence-electron chi connectivity index (χ4n) is 7.49. The highest BCUT2D eigenvalue weighted by Crippen LogP contribution is 2.64. The second-order valence-corrected chi connectivity index (χ2v) is 10.7. The first-order valence-corrected chi connectivity index (χ1v) is 12.5. The molecule has 3 aliphatic rings. The lowest BCUT2D eigenvalue weighted by molar-refractivity contribution is -0.116. The smallest absolute Gasteiger partial charge is 0.225 e. The minimum Gasteiger partial charge on any atom is -0.311 e. The molecule has 1 fully saturated rings. The van der Waals surface area contributed by atoms with Gasteiger partial charge < -0.3 is 5.32 Å². The van der Waals surface area contributed by atoms with Crippen molar-refractivity contribution >= 4 is 11.7 Å². The lowest BCUT2D eigenvalue weighted by atomic mass is 9.53. The Bertz CT molecular complexity index is 1250. The minimum absolute atomic E-state index is 0.00794. The molecular formula is C28H31FN4O. The van der Waals surface area contributed by atoms with Gasteiger partial charge in [0.2, 0.25) is 5.91 Å². The number of anilines is 1. The zero-order valence-corrected chi connectivity index (χ0v) is 19.8. The van der Waals surface area contributed by atoms with Crippen molar-refractivity contribution in [1.82, 2.24) is 15.2 Å². The summed E-state index contributed by atoms with van der Waals surface area (Å²) in [5.74, 6) is 2.24. The van der Waals surface area contributed by atoms with Gasteiger partial charge in [0.25, 0.3) is 0 Å². The van der Waals surface area contributed by atoms with Crippen LogP contribution in [0.4, 0.5) is 10.2 Å². The zero-order chi connectivity index (χ0) is 23.4. The standard InChI is InChI=1S/C28H31FN4O/c1-16-10-12-30-24(13-16)32-25(34)8-7-22-23-15-31-33-27(23)28(2)11-9-20-19-6-4-18(29)14-17(19)3-5-21(20)26(22)28/h4,6,10,12-15,20-22,26H,3,5,7-9,11H2,1-2H3,(H,31,33)(H,30,32,34)/t20?,21?,22-,26?,28+/m1/s1. The van der Waals surface area contributed by atoms with E-state index in [1.807, 2.05) is 31.3 Å². The summed E-state index contributed by atoms with van der Waals surface area (Å²) >= 11 is 0. The second kappa shape index (κ2) is 8.03. The molecule has 5 atom stereocenters. The van der Waals surface area contributed by atoms with E-state index < -0.39 is 0 Å². The Kier molecular flexibility index (Phi) is 5.08. The number of aryl methyl sites for hydroxylation is 2. The number of aromatic nitrogens is 3. The summed E-state index contributed by atoms with van der Waals surface area (Å²) in [6.45, 7) is 4.38. The lowest BCUT2D eigenvalue weighted by Crippen LogP contribution is -2.44. The molecule has 2 aromatic heterocycles. The minimum atomic E-state index is -0.133. The molecule has 6 heteroatoms. The Morgan fingerprint density at radius 3 is 2.97 bits per heavy atom. The van der Waals surface area contributed by atoms with Gasteiger partial charge in [-0.05, 0) is 109 Å².